The summed E-state index contributed by atoms with van der Waals surface area (Å²) in [6, 6.07) is 0. The topological polar surface area (TPSA) is 46.5 Å². The van der Waals surface area contributed by atoms with Crippen LogP contribution in [-0.2, 0) is 9.53 Å². The Labute approximate surface area is 78.4 Å². The Bertz CT molecular complexity index is 204. The number of carboxylic acids is 1. The molecule has 1 aliphatic rings. The molecular formula is C10H16O3. The predicted octanol–water partition coefficient (Wildman–Crippen LogP) is 1.83. The van der Waals surface area contributed by atoms with Gasteiger partial charge in [0.25, 0.3) is 0 Å². The maximum atomic E-state index is 11.0. The fourth-order valence-electron chi connectivity index (χ4n) is 1.85. The van der Waals surface area contributed by atoms with Crippen LogP contribution in [0.2, 0.25) is 0 Å². The lowest BCUT2D eigenvalue weighted by atomic mass is 9.84. The minimum Gasteiger partial charge on any atom is -0.481 e. The lowest BCUT2D eigenvalue weighted by Gasteiger charge is -2.29. The molecule has 0 aliphatic carbocycles. The predicted molar refractivity (Wildman–Crippen MR) is 49.5 cm³/mol. The van der Waals surface area contributed by atoms with Crippen LogP contribution in [0, 0.1) is 5.92 Å². The molecule has 1 saturated heterocycles. The van der Waals surface area contributed by atoms with Gasteiger partial charge in [0.15, 0.2) is 0 Å². The summed E-state index contributed by atoms with van der Waals surface area (Å²) in [5, 5.41) is 9.00. The van der Waals surface area contributed by atoms with Gasteiger partial charge < -0.3 is 9.84 Å². The van der Waals surface area contributed by atoms with E-state index in [0.29, 0.717) is 13.0 Å². The van der Waals surface area contributed by atoms with Crippen LogP contribution in [0.3, 0.4) is 0 Å². The summed E-state index contributed by atoms with van der Waals surface area (Å²) in [5.41, 5.74) is -0.486. The van der Waals surface area contributed by atoms with Gasteiger partial charge in [-0.3, -0.25) is 4.79 Å². The van der Waals surface area contributed by atoms with Gasteiger partial charge in [0.2, 0.25) is 0 Å². The number of hydrogen-bond acceptors (Lipinski definition) is 2. The number of hydrogen-bond donors (Lipinski definition) is 1. The number of ether oxygens (including phenoxy) is 1. The van der Waals surface area contributed by atoms with Crippen molar-refractivity contribution in [2.45, 2.75) is 31.8 Å². The van der Waals surface area contributed by atoms with Crippen molar-refractivity contribution in [1.82, 2.24) is 0 Å². The molecular weight excluding hydrogens is 168 g/mol. The van der Waals surface area contributed by atoms with E-state index in [1.807, 2.05) is 6.92 Å². The molecule has 0 saturated carbocycles. The summed E-state index contributed by atoms with van der Waals surface area (Å²) in [6.07, 6.45) is 3.91. The van der Waals surface area contributed by atoms with E-state index in [4.69, 9.17) is 9.84 Å². The number of carbonyl (C=O) groups is 1. The van der Waals surface area contributed by atoms with Crippen molar-refractivity contribution in [3.05, 3.63) is 12.7 Å². The van der Waals surface area contributed by atoms with Crippen LogP contribution < -0.4 is 0 Å². The third-order valence-corrected chi connectivity index (χ3v) is 2.69. The smallest absolute Gasteiger partial charge is 0.309 e. The zero-order chi connectivity index (χ0) is 9.90. The van der Waals surface area contributed by atoms with E-state index < -0.39 is 17.5 Å². The van der Waals surface area contributed by atoms with Gasteiger partial charge in [-0.1, -0.05) is 6.08 Å². The Balaban J connectivity index is 2.72. The molecule has 3 nitrogen and oxygen atoms in total. The Morgan fingerprint density at radius 2 is 2.54 bits per heavy atom. The number of allylic oxidation sites excluding steroid dienone is 1. The van der Waals surface area contributed by atoms with Crippen LogP contribution in [-0.4, -0.2) is 23.3 Å². The molecule has 0 amide bonds. The number of aliphatic carboxylic acids is 1. The summed E-state index contributed by atoms with van der Waals surface area (Å²) in [6.45, 7) is 6.12. The normalized spacial score (nSPS) is 29.9. The fraction of sp³-hybridized carbons (Fsp3) is 0.700. The van der Waals surface area contributed by atoms with E-state index in [-0.39, 0.29) is 0 Å². The Morgan fingerprint density at radius 3 is 2.92 bits per heavy atom. The summed E-state index contributed by atoms with van der Waals surface area (Å²) >= 11 is 0. The quantitative estimate of drug-likeness (QED) is 0.678. The first-order valence-electron chi connectivity index (χ1n) is 4.58. The molecule has 13 heavy (non-hydrogen) atoms. The lowest BCUT2D eigenvalue weighted by Crippen LogP contribution is -2.38. The minimum atomic E-state index is -0.788. The molecule has 3 heteroatoms. The molecule has 0 aromatic rings. The highest BCUT2D eigenvalue weighted by molar-refractivity contribution is 5.71. The fourth-order valence-corrected chi connectivity index (χ4v) is 1.85. The molecule has 1 aliphatic heterocycles. The van der Waals surface area contributed by atoms with Crippen molar-refractivity contribution < 1.29 is 14.6 Å². The second-order valence-electron chi connectivity index (χ2n) is 3.68. The van der Waals surface area contributed by atoms with E-state index in [2.05, 4.69) is 6.58 Å². The van der Waals surface area contributed by atoms with Gasteiger partial charge in [-0.15, -0.1) is 6.58 Å². The molecule has 2 atom stereocenters. The summed E-state index contributed by atoms with van der Waals surface area (Å²) in [4.78, 5) is 11.0. The second-order valence-corrected chi connectivity index (χ2v) is 3.68. The number of carboxylic acid groups (broad SMARTS) is 1. The van der Waals surface area contributed by atoms with Crippen molar-refractivity contribution in [2.24, 2.45) is 5.92 Å². The highest BCUT2D eigenvalue weighted by atomic mass is 16.5. The van der Waals surface area contributed by atoms with Gasteiger partial charge in [0.1, 0.15) is 0 Å². The summed E-state index contributed by atoms with van der Waals surface area (Å²) < 4.78 is 5.49. The molecule has 0 bridgehead atoms. The molecule has 0 spiro atoms. The molecule has 0 aromatic heterocycles. The van der Waals surface area contributed by atoms with Crippen molar-refractivity contribution in [1.29, 1.82) is 0 Å². The van der Waals surface area contributed by atoms with Crippen molar-refractivity contribution in [3.63, 3.8) is 0 Å². The van der Waals surface area contributed by atoms with Crippen LogP contribution in [0.25, 0.3) is 0 Å². The van der Waals surface area contributed by atoms with E-state index in [1.54, 1.807) is 6.08 Å². The molecule has 2 unspecified atom stereocenters. The largest absolute Gasteiger partial charge is 0.481 e. The van der Waals surface area contributed by atoms with Crippen molar-refractivity contribution in [2.75, 3.05) is 6.61 Å². The highest BCUT2D eigenvalue weighted by Gasteiger charge is 2.41. The van der Waals surface area contributed by atoms with Gasteiger partial charge in [0, 0.05) is 6.61 Å². The summed E-state index contributed by atoms with van der Waals surface area (Å²) in [5.74, 6) is -1.24. The van der Waals surface area contributed by atoms with Crippen molar-refractivity contribution >= 4 is 5.97 Å². The first-order valence-corrected chi connectivity index (χ1v) is 4.58. The van der Waals surface area contributed by atoms with E-state index >= 15 is 0 Å². The highest BCUT2D eigenvalue weighted by Crippen LogP contribution is 2.34. The summed E-state index contributed by atoms with van der Waals surface area (Å²) in [7, 11) is 0. The standard InChI is InChI=1S/C10H16O3/c1-3-5-8(9(11)12)10(2)6-4-7-13-10/h3,8H,1,4-7H2,2H3,(H,11,12). The van der Waals surface area contributed by atoms with Crippen LogP contribution in [0.4, 0.5) is 0 Å². The SMILES string of the molecule is C=CCC(C(=O)O)C1(C)CCCO1. The average Bonchev–Trinajstić information content (AvgIpc) is 2.48. The Morgan fingerprint density at radius 1 is 1.85 bits per heavy atom. The van der Waals surface area contributed by atoms with Crippen LogP contribution in [0.15, 0.2) is 12.7 Å². The minimum absolute atomic E-state index is 0.451. The third-order valence-electron chi connectivity index (χ3n) is 2.69. The number of rotatable bonds is 4. The molecule has 1 rings (SSSR count). The monoisotopic (exact) mass is 184 g/mol. The average molecular weight is 184 g/mol. The van der Waals surface area contributed by atoms with Gasteiger partial charge in [-0.2, -0.15) is 0 Å². The van der Waals surface area contributed by atoms with Gasteiger partial charge in [-0.25, -0.2) is 0 Å². The van der Waals surface area contributed by atoms with Crippen LogP contribution >= 0.6 is 0 Å². The van der Waals surface area contributed by atoms with Gasteiger partial charge >= 0.3 is 5.97 Å². The lowest BCUT2D eigenvalue weighted by molar-refractivity contribution is -0.151. The van der Waals surface area contributed by atoms with E-state index in [9.17, 15) is 4.79 Å². The Hall–Kier alpha value is -0.830. The molecule has 1 fully saturated rings. The van der Waals surface area contributed by atoms with Crippen LogP contribution in [0.1, 0.15) is 26.2 Å². The molecule has 0 aromatic carbocycles. The molecule has 1 heterocycles. The first-order chi connectivity index (χ1) is 6.10. The maximum Gasteiger partial charge on any atom is 0.309 e. The third kappa shape index (κ3) is 2.10. The zero-order valence-corrected chi connectivity index (χ0v) is 7.95. The van der Waals surface area contributed by atoms with Crippen molar-refractivity contribution in [3.8, 4) is 0 Å². The second kappa shape index (κ2) is 3.92. The van der Waals surface area contributed by atoms with E-state index in [1.165, 1.54) is 0 Å². The first kappa shape index (κ1) is 10.3. The molecule has 74 valence electrons. The van der Waals surface area contributed by atoms with Gasteiger partial charge in [-0.05, 0) is 26.2 Å². The van der Waals surface area contributed by atoms with Crippen LogP contribution in [0.5, 0.6) is 0 Å². The molecule has 1 N–H and O–H groups in total. The zero-order valence-electron chi connectivity index (χ0n) is 7.95. The Kier molecular flexibility index (Phi) is 3.09. The molecule has 0 radical (unpaired) electrons. The van der Waals surface area contributed by atoms with E-state index in [0.717, 1.165) is 12.8 Å². The van der Waals surface area contributed by atoms with Gasteiger partial charge in [0.05, 0.1) is 11.5 Å². The maximum absolute atomic E-state index is 11.0.